The summed E-state index contributed by atoms with van der Waals surface area (Å²) in [7, 11) is 0. The number of aliphatic hydroxyl groups is 1. The maximum Gasteiger partial charge on any atom is 0.124 e. The smallest absolute Gasteiger partial charge is 0.124 e. The molecule has 3 nitrogen and oxygen atoms in total. The van der Waals surface area contributed by atoms with Crippen molar-refractivity contribution in [2.45, 2.75) is 13.8 Å². The Morgan fingerprint density at radius 3 is 2.56 bits per heavy atom. The molecule has 0 unspecified atom stereocenters. The molecule has 0 saturated heterocycles. The predicted molar refractivity (Wildman–Crippen MR) is 36.1 cm³/mol. The third-order valence-electron chi connectivity index (χ3n) is 0.586. The monoisotopic (exact) mass is 129 g/mol. The molecule has 0 aromatic heterocycles. The third kappa shape index (κ3) is 5.03. The minimum Gasteiger partial charge on any atom is -0.390 e. The lowest BCUT2D eigenvalue weighted by atomic mass is 10.5. The number of oxime groups is 1. The van der Waals surface area contributed by atoms with Gasteiger partial charge < -0.3 is 9.94 Å². The van der Waals surface area contributed by atoms with E-state index >= 15 is 0 Å². The van der Waals surface area contributed by atoms with E-state index in [2.05, 4.69) is 16.6 Å². The Morgan fingerprint density at radius 1 is 1.67 bits per heavy atom. The summed E-state index contributed by atoms with van der Waals surface area (Å²) in [6.07, 6.45) is 0. The van der Waals surface area contributed by atoms with Crippen molar-refractivity contribution in [3.05, 3.63) is 12.3 Å². The number of hydrogen-bond acceptors (Lipinski definition) is 3. The molecule has 0 aliphatic heterocycles. The molecule has 0 spiro atoms. The summed E-state index contributed by atoms with van der Waals surface area (Å²) in [6, 6.07) is 0. The molecule has 0 heterocycles. The van der Waals surface area contributed by atoms with E-state index < -0.39 is 0 Å². The van der Waals surface area contributed by atoms with E-state index in [4.69, 9.17) is 5.11 Å². The van der Waals surface area contributed by atoms with Gasteiger partial charge in [0.15, 0.2) is 0 Å². The Bertz CT molecular complexity index is 129. The normalized spacial score (nSPS) is 11.2. The molecule has 3 heteroatoms. The van der Waals surface area contributed by atoms with E-state index in [1.807, 2.05) is 0 Å². The van der Waals surface area contributed by atoms with Crippen LogP contribution in [-0.4, -0.2) is 17.4 Å². The summed E-state index contributed by atoms with van der Waals surface area (Å²) in [4.78, 5) is 4.63. The molecule has 0 amide bonds. The molecule has 1 N–H and O–H groups in total. The van der Waals surface area contributed by atoms with Crippen LogP contribution >= 0.6 is 0 Å². The lowest BCUT2D eigenvalue weighted by Gasteiger charge is -1.95. The minimum absolute atomic E-state index is 0.0761. The van der Waals surface area contributed by atoms with Crippen LogP contribution in [0.2, 0.25) is 0 Å². The fourth-order valence-electron chi connectivity index (χ4n) is 0.185. The zero-order valence-electron chi connectivity index (χ0n) is 5.72. The van der Waals surface area contributed by atoms with Crippen molar-refractivity contribution in [2.75, 3.05) is 6.61 Å². The Balaban J connectivity index is 3.56. The van der Waals surface area contributed by atoms with Crippen molar-refractivity contribution in [3.63, 3.8) is 0 Å². The largest absolute Gasteiger partial charge is 0.390 e. The van der Waals surface area contributed by atoms with Gasteiger partial charge in [-0.3, -0.25) is 0 Å². The van der Waals surface area contributed by atoms with Crippen molar-refractivity contribution >= 4 is 5.71 Å². The number of hydrogen-bond donors (Lipinski definition) is 1. The molecule has 0 rings (SSSR count). The molecule has 0 fully saturated rings. The zero-order valence-corrected chi connectivity index (χ0v) is 5.72. The molecule has 0 aliphatic rings. The Hall–Kier alpha value is -0.830. The van der Waals surface area contributed by atoms with Crippen LogP contribution < -0.4 is 0 Å². The molecule has 0 bridgehead atoms. The number of rotatable bonds is 3. The topological polar surface area (TPSA) is 41.8 Å². The molecule has 0 radical (unpaired) electrons. The molecule has 52 valence electrons. The summed E-state index contributed by atoms with van der Waals surface area (Å²) in [6.45, 7) is 6.73. The molecular formula is C6H11NO2. The van der Waals surface area contributed by atoms with Gasteiger partial charge in [0.2, 0.25) is 0 Å². The fourth-order valence-corrected chi connectivity index (χ4v) is 0.185. The molecule has 0 aromatic carbocycles. The summed E-state index contributed by atoms with van der Waals surface area (Å²) in [5, 5.41) is 11.9. The average Bonchev–Trinajstić information content (AvgIpc) is 1.83. The maximum absolute atomic E-state index is 8.41. The molecule has 0 atom stereocenters. The van der Waals surface area contributed by atoms with Crippen LogP contribution in [0.3, 0.4) is 0 Å². The van der Waals surface area contributed by atoms with Gasteiger partial charge >= 0.3 is 0 Å². The highest BCUT2D eigenvalue weighted by Gasteiger charge is 1.85. The Labute approximate surface area is 54.6 Å². The first-order valence-electron chi connectivity index (χ1n) is 2.63. The first-order valence-corrected chi connectivity index (χ1v) is 2.63. The van der Waals surface area contributed by atoms with Gasteiger partial charge in [-0.2, -0.15) is 0 Å². The second-order valence-corrected chi connectivity index (χ2v) is 1.78. The highest BCUT2D eigenvalue weighted by Crippen LogP contribution is 1.90. The number of aliphatic hydroxyl groups excluding tert-OH is 1. The SMILES string of the molecule is C=C(C)O/N=C(\C)CO. The second-order valence-electron chi connectivity index (χ2n) is 1.78. The van der Waals surface area contributed by atoms with Gasteiger partial charge in [0.1, 0.15) is 5.76 Å². The van der Waals surface area contributed by atoms with Gasteiger partial charge in [0.05, 0.1) is 12.3 Å². The molecule has 0 aliphatic carbocycles. The first kappa shape index (κ1) is 8.17. The van der Waals surface area contributed by atoms with Crippen LogP contribution in [0.4, 0.5) is 0 Å². The summed E-state index contributed by atoms with van der Waals surface area (Å²) >= 11 is 0. The molecule has 9 heavy (non-hydrogen) atoms. The van der Waals surface area contributed by atoms with Crippen LogP contribution in [0, 0.1) is 0 Å². The maximum atomic E-state index is 8.41. The minimum atomic E-state index is -0.0761. The van der Waals surface area contributed by atoms with Gasteiger partial charge in [-0.05, 0) is 13.8 Å². The van der Waals surface area contributed by atoms with Crippen LogP contribution in [-0.2, 0) is 4.84 Å². The highest BCUT2D eigenvalue weighted by molar-refractivity contribution is 5.82. The van der Waals surface area contributed by atoms with Gasteiger partial charge in [-0.1, -0.05) is 11.7 Å². The van der Waals surface area contributed by atoms with Crippen molar-refractivity contribution < 1.29 is 9.94 Å². The quantitative estimate of drug-likeness (QED) is 0.349. The van der Waals surface area contributed by atoms with Crippen LogP contribution in [0.25, 0.3) is 0 Å². The highest BCUT2D eigenvalue weighted by atomic mass is 16.6. The van der Waals surface area contributed by atoms with Crippen LogP contribution in [0.5, 0.6) is 0 Å². The predicted octanol–water partition coefficient (Wildman–Crippen LogP) is 0.905. The van der Waals surface area contributed by atoms with E-state index in [9.17, 15) is 0 Å². The van der Waals surface area contributed by atoms with E-state index in [0.717, 1.165) is 0 Å². The van der Waals surface area contributed by atoms with Crippen molar-refractivity contribution in [3.8, 4) is 0 Å². The van der Waals surface area contributed by atoms with Gasteiger partial charge in [0, 0.05) is 0 Å². The molecular weight excluding hydrogens is 118 g/mol. The summed E-state index contributed by atoms with van der Waals surface area (Å²) in [5.41, 5.74) is 0.540. The van der Waals surface area contributed by atoms with Gasteiger partial charge in [0.25, 0.3) is 0 Å². The first-order chi connectivity index (χ1) is 4.16. The molecule has 0 saturated carbocycles. The van der Waals surface area contributed by atoms with Crippen molar-refractivity contribution in [2.24, 2.45) is 5.16 Å². The lowest BCUT2D eigenvalue weighted by Crippen LogP contribution is -1.97. The molecule has 0 aromatic rings. The second kappa shape index (κ2) is 4.09. The van der Waals surface area contributed by atoms with E-state index in [1.165, 1.54) is 0 Å². The fraction of sp³-hybridized carbons (Fsp3) is 0.500. The van der Waals surface area contributed by atoms with E-state index in [-0.39, 0.29) is 6.61 Å². The summed E-state index contributed by atoms with van der Waals surface area (Å²) in [5.74, 6) is 0.516. The van der Waals surface area contributed by atoms with Gasteiger partial charge in [-0.15, -0.1) is 0 Å². The van der Waals surface area contributed by atoms with Gasteiger partial charge in [-0.25, -0.2) is 0 Å². The van der Waals surface area contributed by atoms with Crippen molar-refractivity contribution in [1.82, 2.24) is 0 Å². The lowest BCUT2D eigenvalue weighted by molar-refractivity contribution is 0.226. The zero-order chi connectivity index (χ0) is 7.28. The third-order valence-corrected chi connectivity index (χ3v) is 0.586. The standard InChI is InChI=1S/C6H11NO2/c1-5(2)9-7-6(3)4-8/h8H,1,4H2,2-3H3/b7-6+. The number of allylic oxidation sites excluding steroid dienone is 1. The Morgan fingerprint density at radius 2 is 2.22 bits per heavy atom. The Kier molecular flexibility index (Phi) is 3.71. The summed E-state index contributed by atoms with van der Waals surface area (Å²) < 4.78 is 0. The average molecular weight is 129 g/mol. The number of nitrogens with zero attached hydrogens (tertiary/aromatic N) is 1. The van der Waals surface area contributed by atoms with Crippen LogP contribution in [0.15, 0.2) is 17.5 Å². The van der Waals surface area contributed by atoms with Crippen molar-refractivity contribution in [1.29, 1.82) is 0 Å². The van der Waals surface area contributed by atoms with E-state index in [0.29, 0.717) is 11.5 Å². The van der Waals surface area contributed by atoms with Crippen LogP contribution in [0.1, 0.15) is 13.8 Å². The van der Waals surface area contributed by atoms with E-state index in [1.54, 1.807) is 13.8 Å².